The maximum atomic E-state index is 12.6. The number of amides is 2. The fourth-order valence-electron chi connectivity index (χ4n) is 3.12. The van der Waals surface area contributed by atoms with Crippen molar-refractivity contribution in [3.8, 4) is 0 Å². The molecule has 2 aromatic rings. The molecule has 1 aliphatic rings. The number of benzene rings is 2. The summed E-state index contributed by atoms with van der Waals surface area (Å²) in [5.41, 5.74) is 1.29. The molecule has 3 N–H and O–H groups in total. The van der Waals surface area contributed by atoms with Gasteiger partial charge in [-0.05, 0) is 30.0 Å². The monoisotopic (exact) mass is 380 g/mol. The summed E-state index contributed by atoms with van der Waals surface area (Å²) < 4.78 is 0. The van der Waals surface area contributed by atoms with E-state index in [1.165, 1.54) is 0 Å². The molecular formula is C22H24N2O4. The summed E-state index contributed by atoms with van der Waals surface area (Å²) in [4.78, 5) is 36.5. The molecule has 2 atom stereocenters. The highest BCUT2D eigenvalue weighted by Crippen LogP contribution is 2.33. The van der Waals surface area contributed by atoms with Gasteiger partial charge in [-0.3, -0.25) is 9.59 Å². The molecule has 3 rings (SSSR count). The second-order valence-electron chi connectivity index (χ2n) is 7.14. The molecule has 6 heteroatoms. The maximum absolute atomic E-state index is 12.6. The van der Waals surface area contributed by atoms with E-state index in [0.29, 0.717) is 17.9 Å². The number of aliphatic carboxylic acids is 1. The highest BCUT2D eigenvalue weighted by atomic mass is 16.4. The summed E-state index contributed by atoms with van der Waals surface area (Å²) in [7, 11) is 0. The lowest BCUT2D eigenvalue weighted by Gasteiger charge is -2.21. The van der Waals surface area contributed by atoms with Crippen LogP contribution in [0, 0.1) is 5.92 Å². The smallest absolute Gasteiger partial charge is 0.326 e. The van der Waals surface area contributed by atoms with E-state index in [0.717, 1.165) is 18.4 Å². The topological polar surface area (TPSA) is 95.5 Å². The van der Waals surface area contributed by atoms with Crippen molar-refractivity contribution in [3.05, 3.63) is 71.8 Å². The number of hydrogen-bond donors (Lipinski definition) is 3. The molecular weight excluding hydrogens is 356 g/mol. The standard InChI is InChI=1S/C22H24N2O4/c25-20(23-19(22(27)28)13-15-11-12-15)14-18(16-7-3-1-4-8-16)24-21(26)17-9-5-2-6-10-17/h1-10,15,18-19H,11-14H2,(H,23,25)(H,24,26)(H,27,28). The van der Waals surface area contributed by atoms with Crippen molar-refractivity contribution in [3.63, 3.8) is 0 Å². The van der Waals surface area contributed by atoms with E-state index in [-0.39, 0.29) is 12.3 Å². The number of nitrogens with one attached hydrogen (secondary N) is 2. The zero-order valence-electron chi connectivity index (χ0n) is 15.5. The summed E-state index contributed by atoms with van der Waals surface area (Å²) in [6.45, 7) is 0. The van der Waals surface area contributed by atoms with Gasteiger partial charge in [-0.1, -0.05) is 61.4 Å². The molecule has 0 radical (unpaired) electrons. The molecule has 28 heavy (non-hydrogen) atoms. The fourth-order valence-corrected chi connectivity index (χ4v) is 3.12. The second kappa shape index (κ2) is 9.17. The molecule has 0 spiro atoms. The Morgan fingerprint density at radius 1 is 0.929 bits per heavy atom. The number of carboxylic acids is 1. The fraction of sp³-hybridized carbons (Fsp3) is 0.318. The molecule has 0 saturated heterocycles. The lowest BCUT2D eigenvalue weighted by atomic mass is 10.0. The predicted molar refractivity (Wildman–Crippen MR) is 105 cm³/mol. The molecule has 2 amide bonds. The second-order valence-corrected chi connectivity index (χ2v) is 7.14. The number of carbonyl (C=O) groups excluding carboxylic acids is 2. The first-order chi connectivity index (χ1) is 13.5. The Morgan fingerprint density at radius 2 is 1.54 bits per heavy atom. The zero-order valence-corrected chi connectivity index (χ0v) is 15.5. The van der Waals surface area contributed by atoms with E-state index in [1.54, 1.807) is 24.3 Å². The zero-order chi connectivity index (χ0) is 19.9. The number of rotatable bonds is 9. The van der Waals surface area contributed by atoms with Gasteiger partial charge < -0.3 is 15.7 Å². The SMILES string of the molecule is O=C(CC(NC(=O)c1ccccc1)c1ccccc1)NC(CC1CC1)C(=O)O. The Morgan fingerprint density at radius 3 is 2.11 bits per heavy atom. The average Bonchev–Trinajstić information content (AvgIpc) is 3.52. The summed E-state index contributed by atoms with van der Waals surface area (Å²) in [6, 6.07) is 16.5. The molecule has 2 aromatic carbocycles. The molecule has 2 unspecified atom stereocenters. The largest absolute Gasteiger partial charge is 0.480 e. The molecule has 0 bridgehead atoms. The van der Waals surface area contributed by atoms with Crippen LogP contribution in [0.3, 0.4) is 0 Å². The van der Waals surface area contributed by atoms with Crippen LogP contribution < -0.4 is 10.6 Å². The van der Waals surface area contributed by atoms with Crippen molar-refractivity contribution in [1.82, 2.24) is 10.6 Å². The first-order valence-electron chi connectivity index (χ1n) is 9.46. The van der Waals surface area contributed by atoms with E-state index in [2.05, 4.69) is 10.6 Å². The van der Waals surface area contributed by atoms with E-state index < -0.39 is 24.0 Å². The Kier molecular flexibility index (Phi) is 6.42. The van der Waals surface area contributed by atoms with Gasteiger partial charge in [0.05, 0.1) is 12.5 Å². The number of hydrogen-bond acceptors (Lipinski definition) is 3. The van der Waals surface area contributed by atoms with Gasteiger partial charge in [0, 0.05) is 5.56 Å². The summed E-state index contributed by atoms with van der Waals surface area (Å²) in [5.74, 6) is -1.32. The van der Waals surface area contributed by atoms with Crippen LogP contribution in [0.2, 0.25) is 0 Å². The summed E-state index contributed by atoms with van der Waals surface area (Å²) >= 11 is 0. The van der Waals surface area contributed by atoms with Crippen molar-refractivity contribution in [1.29, 1.82) is 0 Å². The Labute approximate surface area is 164 Å². The van der Waals surface area contributed by atoms with E-state index in [1.807, 2.05) is 36.4 Å². The van der Waals surface area contributed by atoms with Gasteiger partial charge in [0.2, 0.25) is 5.91 Å². The first-order valence-corrected chi connectivity index (χ1v) is 9.46. The molecule has 0 aromatic heterocycles. The lowest BCUT2D eigenvalue weighted by molar-refractivity contribution is -0.142. The average molecular weight is 380 g/mol. The highest BCUT2D eigenvalue weighted by molar-refractivity contribution is 5.94. The van der Waals surface area contributed by atoms with Gasteiger partial charge >= 0.3 is 5.97 Å². The molecule has 0 heterocycles. The Bertz CT molecular complexity index is 819. The molecule has 1 aliphatic carbocycles. The predicted octanol–water partition coefficient (Wildman–Crippen LogP) is 2.92. The van der Waals surface area contributed by atoms with Crippen LogP contribution in [-0.2, 0) is 9.59 Å². The van der Waals surface area contributed by atoms with Crippen LogP contribution in [0.1, 0.15) is 47.6 Å². The Balaban J connectivity index is 1.69. The van der Waals surface area contributed by atoms with Crippen LogP contribution in [0.5, 0.6) is 0 Å². The molecule has 146 valence electrons. The first kappa shape index (κ1) is 19.6. The van der Waals surface area contributed by atoms with Gasteiger partial charge in [0.25, 0.3) is 5.91 Å². The van der Waals surface area contributed by atoms with Crippen LogP contribution in [0.4, 0.5) is 0 Å². The van der Waals surface area contributed by atoms with Crippen LogP contribution >= 0.6 is 0 Å². The molecule has 6 nitrogen and oxygen atoms in total. The molecule has 0 aliphatic heterocycles. The van der Waals surface area contributed by atoms with E-state index in [9.17, 15) is 19.5 Å². The van der Waals surface area contributed by atoms with Gasteiger partial charge in [-0.15, -0.1) is 0 Å². The van der Waals surface area contributed by atoms with Gasteiger partial charge in [-0.2, -0.15) is 0 Å². The maximum Gasteiger partial charge on any atom is 0.326 e. The van der Waals surface area contributed by atoms with Crippen LogP contribution in [-0.4, -0.2) is 28.9 Å². The van der Waals surface area contributed by atoms with Crippen molar-refractivity contribution < 1.29 is 19.5 Å². The minimum Gasteiger partial charge on any atom is -0.480 e. The minimum absolute atomic E-state index is 0.0307. The van der Waals surface area contributed by atoms with Crippen molar-refractivity contribution >= 4 is 17.8 Å². The lowest BCUT2D eigenvalue weighted by Crippen LogP contribution is -2.43. The third-order valence-corrected chi connectivity index (χ3v) is 4.83. The van der Waals surface area contributed by atoms with Crippen LogP contribution in [0.25, 0.3) is 0 Å². The summed E-state index contributed by atoms with van der Waals surface area (Å²) in [6.07, 6.45) is 2.45. The van der Waals surface area contributed by atoms with E-state index >= 15 is 0 Å². The van der Waals surface area contributed by atoms with E-state index in [4.69, 9.17) is 0 Å². The minimum atomic E-state index is -1.02. The third-order valence-electron chi connectivity index (χ3n) is 4.83. The van der Waals surface area contributed by atoms with Crippen molar-refractivity contribution in [2.75, 3.05) is 0 Å². The molecule has 1 saturated carbocycles. The highest BCUT2D eigenvalue weighted by Gasteiger charge is 2.31. The normalized spacial score (nSPS) is 15.3. The van der Waals surface area contributed by atoms with Gasteiger partial charge in [0.1, 0.15) is 6.04 Å². The van der Waals surface area contributed by atoms with Crippen molar-refractivity contribution in [2.45, 2.75) is 37.8 Å². The summed E-state index contributed by atoms with van der Waals surface area (Å²) in [5, 5.41) is 14.9. The molecule has 1 fully saturated rings. The number of carboxylic acid groups (broad SMARTS) is 1. The van der Waals surface area contributed by atoms with Crippen molar-refractivity contribution in [2.24, 2.45) is 5.92 Å². The third kappa shape index (κ3) is 5.67. The quantitative estimate of drug-likeness (QED) is 0.623. The Hall–Kier alpha value is -3.15. The van der Waals surface area contributed by atoms with Gasteiger partial charge in [-0.25, -0.2) is 4.79 Å². The van der Waals surface area contributed by atoms with Crippen LogP contribution in [0.15, 0.2) is 60.7 Å². The van der Waals surface area contributed by atoms with Gasteiger partial charge in [0.15, 0.2) is 0 Å². The number of carbonyl (C=O) groups is 3.